The second kappa shape index (κ2) is 10.6. The summed E-state index contributed by atoms with van der Waals surface area (Å²) >= 11 is 6.06. The number of carbonyl (C=O) groups excluding carboxylic acids is 2. The monoisotopic (exact) mass is 437 g/mol. The summed E-state index contributed by atoms with van der Waals surface area (Å²) < 4.78 is 5.20. The highest BCUT2D eigenvalue weighted by Crippen LogP contribution is 2.23. The molecule has 1 aromatic heterocycles. The molecule has 0 atom stereocenters. The molecule has 0 saturated carbocycles. The fourth-order valence-corrected chi connectivity index (χ4v) is 3.53. The van der Waals surface area contributed by atoms with Gasteiger partial charge in [0.2, 0.25) is 0 Å². The summed E-state index contributed by atoms with van der Waals surface area (Å²) in [5.74, 6) is -0.789. The Hall–Kier alpha value is -3.30. The van der Waals surface area contributed by atoms with Gasteiger partial charge in [-0.25, -0.2) is 0 Å². The van der Waals surface area contributed by atoms with E-state index >= 15 is 0 Å². The summed E-state index contributed by atoms with van der Waals surface area (Å²) in [5.41, 5.74) is 3.67. The SMILES string of the molecule is Cc1cc(N(CCC#N)C(=O)COC(=O)CCCc2c[nH]c3ccccc23)ccc1Cl. The lowest BCUT2D eigenvalue weighted by molar-refractivity contribution is -0.147. The van der Waals surface area contributed by atoms with Gasteiger partial charge in [-0.1, -0.05) is 29.8 Å². The number of carbonyl (C=O) groups is 2. The standard InChI is InChI=1S/C24H24ClN3O3/c1-17-14-19(10-11-21(17)25)28(13-5-12-26)23(29)16-31-24(30)9-4-6-18-15-27-22-8-3-2-7-20(18)22/h2-3,7-8,10-11,14-15,27H,4-6,9,13,16H2,1H3. The van der Waals surface area contributed by atoms with E-state index in [9.17, 15) is 9.59 Å². The number of esters is 1. The molecule has 0 saturated heterocycles. The van der Waals surface area contributed by atoms with Crippen LogP contribution >= 0.6 is 11.6 Å². The first-order valence-electron chi connectivity index (χ1n) is 10.1. The lowest BCUT2D eigenvalue weighted by Gasteiger charge is -2.22. The van der Waals surface area contributed by atoms with Crippen LogP contribution in [0.2, 0.25) is 5.02 Å². The van der Waals surface area contributed by atoms with Crippen molar-refractivity contribution in [1.29, 1.82) is 5.26 Å². The Bertz CT molecular complexity index is 1120. The molecule has 7 heteroatoms. The van der Waals surface area contributed by atoms with Crippen LogP contribution in [0.3, 0.4) is 0 Å². The van der Waals surface area contributed by atoms with Gasteiger partial charge in [-0.05, 0) is 55.2 Å². The number of rotatable bonds is 9. The van der Waals surface area contributed by atoms with E-state index in [-0.39, 0.29) is 31.9 Å². The number of hydrogen-bond donors (Lipinski definition) is 1. The maximum Gasteiger partial charge on any atom is 0.306 e. The van der Waals surface area contributed by atoms with Crippen molar-refractivity contribution in [3.8, 4) is 6.07 Å². The fourth-order valence-electron chi connectivity index (χ4n) is 3.41. The molecule has 0 aliphatic heterocycles. The quantitative estimate of drug-likeness (QED) is 0.480. The van der Waals surface area contributed by atoms with Gasteiger partial charge in [0.15, 0.2) is 6.61 Å². The molecule has 0 aliphatic rings. The maximum absolute atomic E-state index is 12.7. The van der Waals surface area contributed by atoms with Crippen molar-refractivity contribution < 1.29 is 14.3 Å². The summed E-state index contributed by atoms with van der Waals surface area (Å²) in [4.78, 5) is 29.5. The molecule has 1 N–H and O–H groups in total. The third-order valence-corrected chi connectivity index (χ3v) is 5.48. The number of fused-ring (bicyclic) bond motifs is 1. The van der Waals surface area contributed by atoms with Gasteiger partial charge in [0.1, 0.15) is 0 Å². The molecule has 6 nitrogen and oxygen atoms in total. The second-order valence-corrected chi connectivity index (χ2v) is 7.67. The number of nitrogens with one attached hydrogen (secondary N) is 1. The van der Waals surface area contributed by atoms with Crippen LogP contribution in [0, 0.1) is 18.3 Å². The van der Waals surface area contributed by atoms with Gasteiger partial charge >= 0.3 is 5.97 Å². The predicted molar refractivity (Wildman–Crippen MR) is 121 cm³/mol. The van der Waals surface area contributed by atoms with Crippen LogP contribution in [0.25, 0.3) is 10.9 Å². The van der Waals surface area contributed by atoms with E-state index in [0.717, 1.165) is 28.5 Å². The molecule has 0 bridgehead atoms. The van der Waals surface area contributed by atoms with E-state index in [1.165, 1.54) is 4.90 Å². The van der Waals surface area contributed by atoms with Crippen LogP contribution < -0.4 is 4.90 Å². The van der Waals surface area contributed by atoms with Crippen molar-refractivity contribution in [1.82, 2.24) is 4.98 Å². The largest absolute Gasteiger partial charge is 0.456 e. The van der Waals surface area contributed by atoms with E-state index < -0.39 is 5.97 Å². The van der Waals surface area contributed by atoms with Crippen LogP contribution in [0.1, 0.15) is 30.4 Å². The van der Waals surface area contributed by atoms with Crippen molar-refractivity contribution in [2.45, 2.75) is 32.6 Å². The maximum atomic E-state index is 12.7. The number of hydrogen-bond acceptors (Lipinski definition) is 4. The number of nitrogens with zero attached hydrogens (tertiary/aromatic N) is 2. The highest BCUT2D eigenvalue weighted by molar-refractivity contribution is 6.31. The lowest BCUT2D eigenvalue weighted by Crippen LogP contribution is -2.35. The summed E-state index contributed by atoms with van der Waals surface area (Å²) in [6.07, 6.45) is 3.73. The number of para-hydroxylation sites is 1. The molecule has 160 valence electrons. The number of aromatic nitrogens is 1. The van der Waals surface area contributed by atoms with Crippen LogP contribution in [0.4, 0.5) is 5.69 Å². The minimum Gasteiger partial charge on any atom is -0.456 e. The van der Waals surface area contributed by atoms with Gasteiger partial charge in [0.25, 0.3) is 5.91 Å². The average molecular weight is 438 g/mol. The Kier molecular flexibility index (Phi) is 7.69. The zero-order valence-corrected chi connectivity index (χ0v) is 18.1. The Morgan fingerprint density at radius 2 is 2.03 bits per heavy atom. The predicted octanol–water partition coefficient (Wildman–Crippen LogP) is 4.94. The summed E-state index contributed by atoms with van der Waals surface area (Å²) in [6.45, 7) is 1.69. The number of benzene rings is 2. The molecular formula is C24H24ClN3O3. The van der Waals surface area contributed by atoms with E-state index in [1.54, 1.807) is 18.2 Å². The summed E-state index contributed by atoms with van der Waals surface area (Å²) in [7, 11) is 0. The van der Waals surface area contributed by atoms with Crippen LogP contribution in [-0.2, 0) is 20.7 Å². The van der Waals surface area contributed by atoms with E-state index in [2.05, 4.69) is 4.98 Å². The number of aryl methyl sites for hydroxylation is 2. The molecule has 1 amide bonds. The smallest absolute Gasteiger partial charge is 0.306 e. The number of H-pyrrole nitrogens is 1. The van der Waals surface area contributed by atoms with Gasteiger partial charge in [-0.3, -0.25) is 9.59 Å². The third-order valence-electron chi connectivity index (χ3n) is 5.06. The van der Waals surface area contributed by atoms with Gasteiger partial charge < -0.3 is 14.6 Å². The normalized spacial score (nSPS) is 10.6. The molecule has 0 radical (unpaired) electrons. The number of nitriles is 1. The first-order valence-corrected chi connectivity index (χ1v) is 10.5. The summed E-state index contributed by atoms with van der Waals surface area (Å²) in [5, 5.41) is 10.7. The molecular weight excluding hydrogens is 414 g/mol. The van der Waals surface area contributed by atoms with Gasteiger partial charge in [-0.15, -0.1) is 0 Å². The molecule has 0 spiro atoms. The molecule has 2 aromatic carbocycles. The molecule has 3 aromatic rings. The Balaban J connectivity index is 1.51. The molecule has 3 rings (SSSR count). The minimum atomic E-state index is -0.416. The Morgan fingerprint density at radius 3 is 2.81 bits per heavy atom. The highest BCUT2D eigenvalue weighted by Gasteiger charge is 2.18. The highest BCUT2D eigenvalue weighted by atomic mass is 35.5. The van der Waals surface area contributed by atoms with Crippen molar-refractivity contribution in [3.63, 3.8) is 0 Å². The number of amides is 1. The average Bonchev–Trinajstić information content (AvgIpc) is 3.18. The van der Waals surface area contributed by atoms with Crippen molar-refractivity contribution in [3.05, 3.63) is 64.8 Å². The second-order valence-electron chi connectivity index (χ2n) is 7.26. The minimum absolute atomic E-state index is 0.173. The number of aromatic amines is 1. The number of ether oxygens (including phenoxy) is 1. The van der Waals surface area contributed by atoms with Gasteiger partial charge in [0.05, 0.1) is 12.5 Å². The van der Waals surface area contributed by atoms with Crippen molar-refractivity contribution >= 4 is 40.1 Å². The zero-order chi connectivity index (χ0) is 22.2. The third kappa shape index (κ3) is 5.87. The first-order chi connectivity index (χ1) is 15.0. The topological polar surface area (TPSA) is 86.2 Å². The van der Waals surface area contributed by atoms with Crippen LogP contribution in [-0.4, -0.2) is 30.0 Å². The molecule has 0 unspecified atom stereocenters. The molecule has 0 aliphatic carbocycles. The van der Waals surface area contributed by atoms with Crippen molar-refractivity contribution in [2.75, 3.05) is 18.1 Å². The van der Waals surface area contributed by atoms with Gasteiger partial charge in [0, 0.05) is 40.8 Å². The zero-order valence-electron chi connectivity index (χ0n) is 17.4. The van der Waals surface area contributed by atoms with E-state index in [1.807, 2.05) is 43.5 Å². The van der Waals surface area contributed by atoms with E-state index in [4.69, 9.17) is 21.6 Å². The van der Waals surface area contributed by atoms with Crippen LogP contribution in [0.5, 0.6) is 0 Å². The number of halogens is 1. The lowest BCUT2D eigenvalue weighted by atomic mass is 10.1. The number of anilines is 1. The molecule has 31 heavy (non-hydrogen) atoms. The van der Waals surface area contributed by atoms with Gasteiger partial charge in [-0.2, -0.15) is 5.26 Å². The van der Waals surface area contributed by atoms with Crippen LogP contribution in [0.15, 0.2) is 48.7 Å². The Morgan fingerprint density at radius 1 is 1.23 bits per heavy atom. The molecule has 0 fully saturated rings. The Labute approximate surface area is 186 Å². The summed E-state index contributed by atoms with van der Waals surface area (Å²) in [6, 6.07) is 15.3. The van der Waals surface area contributed by atoms with E-state index in [0.29, 0.717) is 17.1 Å². The fraction of sp³-hybridized carbons (Fsp3) is 0.292. The van der Waals surface area contributed by atoms with Crippen molar-refractivity contribution in [2.24, 2.45) is 0 Å². The first kappa shape index (κ1) is 22.4. The molecule has 1 heterocycles.